The lowest BCUT2D eigenvalue weighted by Gasteiger charge is -2.27. The van der Waals surface area contributed by atoms with Crippen LogP contribution in [0, 0.1) is 5.92 Å². The molecule has 338 valence electrons. The van der Waals surface area contributed by atoms with E-state index in [4.69, 9.17) is 11.5 Å². The number of para-hydroxylation sites is 1. The molecular formula is C41H63N9O11. The molecule has 1 aromatic heterocycles. The first kappa shape index (κ1) is 51.1. The minimum atomic E-state index is -1.84. The number of nitrogens with two attached hydrogens (primary N) is 2. The van der Waals surface area contributed by atoms with Crippen molar-refractivity contribution in [3.05, 3.63) is 36.0 Å². The van der Waals surface area contributed by atoms with Gasteiger partial charge in [-0.15, -0.1) is 0 Å². The Bertz CT molecular complexity index is 1820. The van der Waals surface area contributed by atoms with Crippen LogP contribution in [-0.2, 0) is 49.6 Å². The van der Waals surface area contributed by atoms with Crippen LogP contribution < -0.4 is 43.4 Å². The zero-order valence-corrected chi connectivity index (χ0v) is 35.2. The lowest BCUT2D eigenvalue weighted by Crippen LogP contribution is -2.60. The van der Waals surface area contributed by atoms with Crippen molar-refractivity contribution in [3.63, 3.8) is 0 Å². The van der Waals surface area contributed by atoms with Gasteiger partial charge in [-0.3, -0.25) is 38.4 Å². The van der Waals surface area contributed by atoms with E-state index in [0.29, 0.717) is 18.4 Å². The monoisotopic (exact) mass is 857 g/mol. The summed E-state index contributed by atoms with van der Waals surface area (Å²) < 4.78 is 0. The van der Waals surface area contributed by atoms with Gasteiger partial charge in [0.05, 0.1) is 19.4 Å². The highest BCUT2D eigenvalue weighted by Crippen LogP contribution is 2.20. The number of carbonyl (C=O) groups is 9. The minimum absolute atomic E-state index is 0.0116. The number of fused-ring (bicyclic) bond motifs is 1. The fourth-order valence-electron chi connectivity index (χ4n) is 6.47. The molecule has 20 heteroatoms. The molecule has 13 N–H and O–H groups in total. The highest BCUT2D eigenvalue weighted by molar-refractivity contribution is 5.99. The number of H-pyrrole nitrogens is 1. The number of carboxylic acids is 2. The second kappa shape index (κ2) is 26.9. The summed E-state index contributed by atoms with van der Waals surface area (Å²) in [7, 11) is 0. The fourth-order valence-corrected chi connectivity index (χ4v) is 6.47. The minimum Gasteiger partial charge on any atom is -0.481 e. The molecule has 7 amide bonds. The van der Waals surface area contributed by atoms with Gasteiger partial charge in [-0.05, 0) is 43.4 Å². The second-order valence-corrected chi connectivity index (χ2v) is 15.3. The van der Waals surface area contributed by atoms with Gasteiger partial charge in [0.1, 0.15) is 30.2 Å². The van der Waals surface area contributed by atoms with E-state index in [1.165, 1.54) is 0 Å². The molecule has 5 atom stereocenters. The number of unbranched alkanes of at least 4 members (excludes halogenated alkanes) is 6. The molecule has 0 aliphatic carbocycles. The predicted octanol–water partition coefficient (Wildman–Crippen LogP) is 0.221. The molecule has 0 aliphatic rings. The topological polar surface area (TPSA) is 334 Å². The van der Waals surface area contributed by atoms with Gasteiger partial charge in [-0.1, -0.05) is 77.5 Å². The Morgan fingerprint density at radius 3 is 1.89 bits per heavy atom. The van der Waals surface area contributed by atoms with Crippen LogP contribution in [0.5, 0.6) is 0 Å². The Morgan fingerprint density at radius 1 is 0.689 bits per heavy atom. The average molecular weight is 858 g/mol. The Kier molecular flexibility index (Phi) is 22.6. The molecule has 20 nitrogen and oxygen atoms in total. The maximum Gasteiger partial charge on any atom is 0.326 e. The van der Waals surface area contributed by atoms with Crippen molar-refractivity contribution in [3.8, 4) is 0 Å². The van der Waals surface area contributed by atoms with Gasteiger partial charge in [-0.25, -0.2) is 4.79 Å². The fraction of sp³-hybridized carbons (Fsp3) is 0.585. The number of aromatic amines is 1. The molecule has 61 heavy (non-hydrogen) atoms. The van der Waals surface area contributed by atoms with Crippen LogP contribution >= 0.6 is 0 Å². The lowest BCUT2D eigenvalue weighted by molar-refractivity contribution is -0.142. The van der Waals surface area contributed by atoms with Crippen molar-refractivity contribution >= 4 is 64.2 Å². The van der Waals surface area contributed by atoms with Crippen LogP contribution in [0.3, 0.4) is 0 Å². The maximum absolute atomic E-state index is 13.9. The van der Waals surface area contributed by atoms with Gasteiger partial charge in [0, 0.05) is 29.9 Å². The Morgan fingerprint density at radius 2 is 1.28 bits per heavy atom. The number of carboxylic acid groups (broad SMARTS) is 2. The summed E-state index contributed by atoms with van der Waals surface area (Å²) in [5.41, 5.74) is 12.3. The first-order valence-corrected chi connectivity index (χ1v) is 20.7. The second-order valence-electron chi connectivity index (χ2n) is 15.3. The number of rotatable bonds is 30. The lowest BCUT2D eigenvalue weighted by atomic mass is 10.0. The zero-order chi connectivity index (χ0) is 45.5. The van der Waals surface area contributed by atoms with Gasteiger partial charge in [0.15, 0.2) is 0 Å². The number of hydrogen-bond acceptors (Lipinski definition) is 10. The van der Waals surface area contributed by atoms with Crippen LogP contribution in [0.4, 0.5) is 0 Å². The predicted molar refractivity (Wildman–Crippen MR) is 224 cm³/mol. The summed E-state index contributed by atoms with van der Waals surface area (Å²) in [6.45, 7) is 4.75. The molecule has 1 heterocycles. The standard InChI is InChI=1S/C41H63N9O11/c1-4-5-6-7-8-9-10-17-33(52)47-29(19-25-22-44-27-15-12-11-14-26(25)27)37(56)48-30(20-32(43)51)38(57)49-31(21-35(54)55)39(58)50-36(24(2)3)40(59)45-23-34(53)46-28(41(60)61)16-13-18-42/h11-12,14-15,22,24,28-31,36,44H,4-10,13,16-21,23,42H2,1-3H3,(H2,43,51)(H,45,59)(H,46,53)(H,47,52)(H,48,56)(H,49,57)(H,50,58)(H,54,55)(H,60,61)/t28-,29-,30+,31-,36-/m0/s1. The van der Waals surface area contributed by atoms with Crippen LogP contribution in [0.1, 0.15) is 103 Å². The smallest absolute Gasteiger partial charge is 0.326 e. The van der Waals surface area contributed by atoms with Gasteiger partial charge in [-0.2, -0.15) is 0 Å². The van der Waals surface area contributed by atoms with Crippen molar-refractivity contribution in [2.75, 3.05) is 13.1 Å². The van der Waals surface area contributed by atoms with Crippen LogP contribution in [0.15, 0.2) is 30.5 Å². The summed E-state index contributed by atoms with van der Waals surface area (Å²) >= 11 is 0. The molecule has 2 aromatic rings. The van der Waals surface area contributed by atoms with E-state index in [1.54, 1.807) is 20.0 Å². The number of amides is 7. The van der Waals surface area contributed by atoms with Crippen molar-refractivity contribution in [2.24, 2.45) is 17.4 Å². The number of hydrogen-bond donors (Lipinski definition) is 11. The molecule has 0 fully saturated rings. The molecule has 0 saturated carbocycles. The van der Waals surface area contributed by atoms with Crippen molar-refractivity contribution < 1.29 is 53.4 Å². The normalized spacial score (nSPS) is 13.5. The zero-order valence-electron chi connectivity index (χ0n) is 35.2. The van der Waals surface area contributed by atoms with Crippen LogP contribution in [-0.4, -0.2) is 112 Å². The van der Waals surface area contributed by atoms with Crippen LogP contribution in [0.2, 0.25) is 0 Å². The summed E-state index contributed by atoms with van der Waals surface area (Å²) in [6, 6.07) is -0.0940. The summed E-state index contributed by atoms with van der Waals surface area (Å²) in [6.07, 6.45) is 7.26. The number of benzene rings is 1. The first-order chi connectivity index (χ1) is 29.0. The van der Waals surface area contributed by atoms with Crippen molar-refractivity contribution in [1.82, 2.24) is 36.9 Å². The van der Waals surface area contributed by atoms with E-state index in [2.05, 4.69) is 43.8 Å². The number of aromatic nitrogens is 1. The molecule has 0 bridgehead atoms. The highest BCUT2D eigenvalue weighted by Gasteiger charge is 2.34. The first-order valence-electron chi connectivity index (χ1n) is 20.7. The molecule has 0 aliphatic heterocycles. The summed E-state index contributed by atoms with van der Waals surface area (Å²) in [5, 5.41) is 34.1. The Hall–Kier alpha value is -6.05. The summed E-state index contributed by atoms with van der Waals surface area (Å²) in [4.78, 5) is 118. The van der Waals surface area contributed by atoms with E-state index in [9.17, 15) is 53.4 Å². The van der Waals surface area contributed by atoms with Crippen molar-refractivity contribution in [1.29, 1.82) is 0 Å². The largest absolute Gasteiger partial charge is 0.481 e. The highest BCUT2D eigenvalue weighted by atomic mass is 16.4. The molecule has 1 aromatic carbocycles. The number of nitrogens with one attached hydrogen (secondary N) is 7. The van der Waals surface area contributed by atoms with Gasteiger partial charge < -0.3 is 58.6 Å². The number of carbonyl (C=O) groups excluding carboxylic acids is 7. The molecule has 0 saturated heterocycles. The molecule has 0 radical (unpaired) electrons. The maximum atomic E-state index is 13.9. The van der Waals surface area contributed by atoms with Gasteiger partial charge in [0.25, 0.3) is 0 Å². The SMILES string of the molecule is CCCCCCCCCC(=O)N[C@@H](Cc1c[nH]c2ccccc12)C(=O)N[C@H](CC(N)=O)C(=O)N[C@@H](CC(=O)O)C(=O)N[C@H](C(=O)NCC(=O)N[C@@H](CCCN)C(=O)O)C(C)C. The molecule has 0 unspecified atom stereocenters. The van der Waals surface area contributed by atoms with E-state index >= 15 is 0 Å². The Balaban J connectivity index is 2.23. The van der Waals surface area contributed by atoms with E-state index in [0.717, 1.165) is 49.4 Å². The van der Waals surface area contributed by atoms with E-state index in [1.807, 2.05) is 24.3 Å². The average Bonchev–Trinajstić information content (AvgIpc) is 3.61. The quantitative estimate of drug-likeness (QED) is 0.0470. The number of aliphatic carboxylic acids is 2. The molecule has 2 rings (SSSR count). The third-order valence-corrected chi connectivity index (χ3v) is 9.81. The molecule has 0 spiro atoms. The third kappa shape index (κ3) is 18.8. The van der Waals surface area contributed by atoms with Gasteiger partial charge in [0.2, 0.25) is 41.4 Å². The molecular weight excluding hydrogens is 795 g/mol. The van der Waals surface area contributed by atoms with E-state index in [-0.39, 0.29) is 25.8 Å². The number of primary amides is 1. The van der Waals surface area contributed by atoms with Crippen molar-refractivity contribution in [2.45, 2.75) is 134 Å². The summed E-state index contributed by atoms with van der Waals surface area (Å²) in [5.74, 6) is -9.72. The van der Waals surface area contributed by atoms with Gasteiger partial charge >= 0.3 is 11.9 Å². The van der Waals surface area contributed by atoms with E-state index < -0.39 is 109 Å². The van der Waals surface area contributed by atoms with Crippen LogP contribution in [0.25, 0.3) is 10.9 Å². The third-order valence-electron chi connectivity index (χ3n) is 9.81. The Labute approximate surface area is 354 Å².